The van der Waals surface area contributed by atoms with Gasteiger partial charge in [-0.1, -0.05) is 19.8 Å². The molecular formula is C9H20O4S. The van der Waals surface area contributed by atoms with Gasteiger partial charge >= 0.3 is 0 Å². The Morgan fingerprint density at radius 1 is 1.14 bits per heavy atom. The molecule has 0 bridgehead atoms. The van der Waals surface area contributed by atoms with Gasteiger partial charge in [0.05, 0.1) is 5.75 Å². The fourth-order valence-electron chi connectivity index (χ4n) is 1.09. The Kier molecular flexibility index (Phi) is 7.13. The van der Waals surface area contributed by atoms with Gasteiger partial charge < -0.3 is 9.47 Å². The molecule has 86 valence electrons. The first kappa shape index (κ1) is 13.9. The number of hydrogen-bond donors (Lipinski definition) is 0. The first-order valence-corrected chi connectivity index (χ1v) is 6.64. The Hall–Kier alpha value is -0.130. The Labute approximate surface area is 86.5 Å². The van der Waals surface area contributed by atoms with E-state index in [4.69, 9.17) is 9.47 Å². The van der Waals surface area contributed by atoms with Crippen molar-refractivity contribution in [3.05, 3.63) is 0 Å². The van der Waals surface area contributed by atoms with Gasteiger partial charge in [-0.05, 0) is 6.42 Å². The summed E-state index contributed by atoms with van der Waals surface area (Å²) in [6, 6.07) is 0. The first-order valence-electron chi connectivity index (χ1n) is 4.81. The smallest absolute Gasteiger partial charge is 0.170 e. The Balaban J connectivity index is 3.93. The van der Waals surface area contributed by atoms with Gasteiger partial charge in [0, 0.05) is 14.2 Å². The van der Waals surface area contributed by atoms with Gasteiger partial charge in [-0.2, -0.15) is 0 Å². The number of unbranched alkanes of at least 4 members (excludes halogenated alkanes) is 2. The zero-order chi connectivity index (χ0) is 11.0. The SMILES string of the molecule is CCCCCS(=O)(=O)CC(OC)OC. The van der Waals surface area contributed by atoms with E-state index in [1.165, 1.54) is 14.2 Å². The van der Waals surface area contributed by atoms with Crippen LogP contribution < -0.4 is 0 Å². The lowest BCUT2D eigenvalue weighted by molar-refractivity contribution is -0.0851. The molecule has 0 aliphatic rings. The standard InChI is InChI=1S/C9H20O4S/c1-4-5-6-7-14(10,11)8-9(12-2)13-3/h9H,4-8H2,1-3H3. The van der Waals surface area contributed by atoms with E-state index in [0.717, 1.165) is 19.3 Å². The lowest BCUT2D eigenvalue weighted by Crippen LogP contribution is -2.26. The fraction of sp³-hybridized carbons (Fsp3) is 1.00. The third-order valence-corrected chi connectivity index (χ3v) is 3.67. The summed E-state index contributed by atoms with van der Waals surface area (Å²) in [6.07, 6.45) is 2.05. The van der Waals surface area contributed by atoms with Crippen LogP contribution in [0.4, 0.5) is 0 Å². The summed E-state index contributed by atoms with van der Waals surface area (Å²) < 4.78 is 32.6. The van der Waals surface area contributed by atoms with Crippen LogP contribution in [-0.4, -0.2) is 40.4 Å². The van der Waals surface area contributed by atoms with Crippen molar-refractivity contribution in [3.8, 4) is 0 Å². The molecule has 5 heteroatoms. The van der Waals surface area contributed by atoms with Crippen LogP contribution in [0.1, 0.15) is 26.2 Å². The minimum Gasteiger partial charge on any atom is -0.355 e. The molecule has 0 N–H and O–H groups in total. The highest BCUT2D eigenvalue weighted by Gasteiger charge is 2.17. The van der Waals surface area contributed by atoms with E-state index in [9.17, 15) is 8.42 Å². The second-order valence-corrected chi connectivity index (χ2v) is 5.45. The third-order valence-electron chi connectivity index (χ3n) is 1.97. The Morgan fingerprint density at radius 3 is 2.14 bits per heavy atom. The van der Waals surface area contributed by atoms with Crippen molar-refractivity contribution in [2.24, 2.45) is 0 Å². The second kappa shape index (κ2) is 7.20. The summed E-state index contributed by atoms with van der Waals surface area (Å²) in [4.78, 5) is 0. The van der Waals surface area contributed by atoms with E-state index in [2.05, 4.69) is 0 Å². The minimum absolute atomic E-state index is 0.0519. The maximum Gasteiger partial charge on any atom is 0.170 e. The van der Waals surface area contributed by atoms with E-state index in [0.29, 0.717) is 0 Å². The van der Waals surface area contributed by atoms with Crippen LogP contribution in [0, 0.1) is 0 Å². The average Bonchev–Trinajstić information content (AvgIpc) is 2.14. The van der Waals surface area contributed by atoms with Crippen molar-refractivity contribution >= 4 is 9.84 Å². The van der Waals surface area contributed by atoms with Crippen molar-refractivity contribution < 1.29 is 17.9 Å². The van der Waals surface area contributed by atoms with Crippen molar-refractivity contribution in [1.82, 2.24) is 0 Å². The van der Waals surface area contributed by atoms with Crippen LogP contribution in [0.5, 0.6) is 0 Å². The first-order chi connectivity index (χ1) is 6.55. The van der Waals surface area contributed by atoms with Crippen molar-refractivity contribution in [2.45, 2.75) is 32.5 Å². The quantitative estimate of drug-likeness (QED) is 0.459. The number of sulfone groups is 1. The number of ether oxygens (including phenoxy) is 2. The van der Waals surface area contributed by atoms with E-state index in [1.807, 2.05) is 6.92 Å². The predicted molar refractivity (Wildman–Crippen MR) is 56.0 cm³/mol. The van der Waals surface area contributed by atoms with E-state index < -0.39 is 16.1 Å². The minimum atomic E-state index is -3.03. The highest BCUT2D eigenvalue weighted by molar-refractivity contribution is 7.91. The normalized spacial score (nSPS) is 12.3. The molecule has 0 fully saturated rings. The molecule has 0 aliphatic carbocycles. The molecule has 0 unspecified atom stereocenters. The summed E-state index contributed by atoms with van der Waals surface area (Å²) in [5.74, 6) is 0.174. The van der Waals surface area contributed by atoms with Crippen LogP contribution >= 0.6 is 0 Å². The molecule has 0 saturated heterocycles. The van der Waals surface area contributed by atoms with Gasteiger partial charge in [-0.15, -0.1) is 0 Å². The number of rotatable bonds is 8. The van der Waals surface area contributed by atoms with E-state index in [1.54, 1.807) is 0 Å². The monoisotopic (exact) mass is 224 g/mol. The highest BCUT2D eigenvalue weighted by Crippen LogP contribution is 2.04. The topological polar surface area (TPSA) is 52.6 Å². The van der Waals surface area contributed by atoms with Gasteiger partial charge in [0.1, 0.15) is 5.75 Å². The summed E-state index contributed by atoms with van der Waals surface area (Å²) in [7, 11) is -0.147. The Bertz CT molecular complexity index is 219. The molecule has 0 atom stereocenters. The van der Waals surface area contributed by atoms with Crippen LogP contribution in [0.15, 0.2) is 0 Å². The number of methoxy groups -OCH3 is 2. The largest absolute Gasteiger partial charge is 0.355 e. The van der Waals surface area contributed by atoms with Gasteiger partial charge in [0.25, 0.3) is 0 Å². The van der Waals surface area contributed by atoms with Gasteiger partial charge in [0.15, 0.2) is 16.1 Å². The lowest BCUT2D eigenvalue weighted by Gasteiger charge is -2.13. The highest BCUT2D eigenvalue weighted by atomic mass is 32.2. The Morgan fingerprint density at radius 2 is 1.71 bits per heavy atom. The average molecular weight is 224 g/mol. The summed E-state index contributed by atoms with van der Waals surface area (Å²) >= 11 is 0. The van der Waals surface area contributed by atoms with Gasteiger partial charge in [0.2, 0.25) is 0 Å². The predicted octanol–water partition coefficient (Wildman–Crippen LogP) is 1.21. The van der Waals surface area contributed by atoms with Crippen LogP contribution in [0.25, 0.3) is 0 Å². The van der Waals surface area contributed by atoms with Crippen molar-refractivity contribution in [1.29, 1.82) is 0 Å². The van der Waals surface area contributed by atoms with Crippen molar-refractivity contribution in [2.75, 3.05) is 25.7 Å². The molecule has 0 aromatic heterocycles. The molecular weight excluding hydrogens is 204 g/mol. The van der Waals surface area contributed by atoms with Crippen LogP contribution in [0.3, 0.4) is 0 Å². The van der Waals surface area contributed by atoms with E-state index >= 15 is 0 Å². The molecule has 0 heterocycles. The van der Waals surface area contributed by atoms with Gasteiger partial charge in [-0.3, -0.25) is 0 Å². The molecule has 0 radical (unpaired) electrons. The molecule has 0 aliphatic heterocycles. The zero-order valence-electron chi connectivity index (χ0n) is 9.15. The molecule has 0 amide bonds. The maximum absolute atomic E-state index is 11.5. The van der Waals surface area contributed by atoms with Crippen LogP contribution in [-0.2, 0) is 19.3 Å². The molecule has 0 spiro atoms. The second-order valence-electron chi connectivity index (χ2n) is 3.22. The fourth-order valence-corrected chi connectivity index (χ4v) is 2.59. The molecule has 0 rings (SSSR count). The molecule has 0 aromatic carbocycles. The molecule has 4 nitrogen and oxygen atoms in total. The maximum atomic E-state index is 11.5. The third kappa shape index (κ3) is 6.34. The summed E-state index contributed by atoms with van der Waals surface area (Å²) in [5, 5.41) is 0. The van der Waals surface area contributed by atoms with Gasteiger partial charge in [-0.25, -0.2) is 8.42 Å². The zero-order valence-corrected chi connectivity index (χ0v) is 9.97. The van der Waals surface area contributed by atoms with Crippen molar-refractivity contribution in [3.63, 3.8) is 0 Å². The molecule has 0 saturated carbocycles. The van der Waals surface area contributed by atoms with E-state index in [-0.39, 0.29) is 11.5 Å². The number of hydrogen-bond acceptors (Lipinski definition) is 4. The molecule has 14 heavy (non-hydrogen) atoms. The lowest BCUT2D eigenvalue weighted by atomic mass is 10.3. The van der Waals surface area contributed by atoms with Crippen LogP contribution in [0.2, 0.25) is 0 Å². The molecule has 0 aromatic rings. The summed E-state index contributed by atoms with van der Waals surface area (Å²) in [6.45, 7) is 2.04. The summed E-state index contributed by atoms with van der Waals surface area (Å²) in [5.41, 5.74) is 0.